The van der Waals surface area contributed by atoms with Crippen LogP contribution in [-0.4, -0.2) is 24.0 Å². The molecule has 0 saturated heterocycles. The van der Waals surface area contributed by atoms with Crippen LogP contribution < -0.4 is 15.5 Å². The minimum absolute atomic E-state index is 0.0155. The first-order valence-corrected chi connectivity index (χ1v) is 8.56. The lowest BCUT2D eigenvalue weighted by atomic mass is 10.2. The van der Waals surface area contributed by atoms with Crippen molar-refractivity contribution in [2.24, 2.45) is 0 Å². The van der Waals surface area contributed by atoms with Crippen molar-refractivity contribution >= 4 is 17.3 Å². The standard InChI is InChI=1S/C20H23N5O/c1-3-25(4-2)19-9-7-18(8-10-19)23-15-17(12-21)20(26)24-14-16-6-5-11-22-13-16/h5-11,13,15,23H,3-4,14H2,1-2H3,(H,24,26)/b17-15-. The third kappa shape index (κ3) is 5.35. The normalized spacial score (nSPS) is 10.7. The summed E-state index contributed by atoms with van der Waals surface area (Å²) in [6, 6.07) is 13.4. The molecule has 0 unspecified atom stereocenters. The van der Waals surface area contributed by atoms with Crippen molar-refractivity contribution < 1.29 is 4.79 Å². The summed E-state index contributed by atoms with van der Waals surface area (Å²) in [4.78, 5) is 18.4. The fraction of sp³-hybridized carbons (Fsp3) is 0.250. The second-order valence-electron chi connectivity index (χ2n) is 5.58. The summed E-state index contributed by atoms with van der Waals surface area (Å²) in [5.41, 5.74) is 2.84. The van der Waals surface area contributed by atoms with Crippen LogP contribution in [0.25, 0.3) is 0 Å². The van der Waals surface area contributed by atoms with Crippen LogP contribution >= 0.6 is 0 Å². The largest absolute Gasteiger partial charge is 0.372 e. The van der Waals surface area contributed by atoms with Gasteiger partial charge in [0.25, 0.3) is 5.91 Å². The van der Waals surface area contributed by atoms with Crippen molar-refractivity contribution in [1.82, 2.24) is 10.3 Å². The molecule has 2 aromatic rings. The Morgan fingerprint density at radius 2 is 1.96 bits per heavy atom. The van der Waals surface area contributed by atoms with Crippen LogP contribution in [0.1, 0.15) is 19.4 Å². The quantitative estimate of drug-likeness (QED) is 0.565. The van der Waals surface area contributed by atoms with E-state index in [4.69, 9.17) is 0 Å². The third-order valence-electron chi connectivity index (χ3n) is 3.92. The van der Waals surface area contributed by atoms with Crippen molar-refractivity contribution in [2.75, 3.05) is 23.3 Å². The fourth-order valence-electron chi connectivity index (χ4n) is 2.44. The van der Waals surface area contributed by atoms with Crippen LogP contribution in [0.3, 0.4) is 0 Å². The molecule has 1 aromatic heterocycles. The van der Waals surface area contributed by atoms with Gasteiger partial charge in [-0.3, -0.25) is 9.78 Å². The highest BCUT2D eigenvalue weighted by Gasteiger charge is 2.08. The molecule has 6 heteroatoms. The number of carbonyl (C=O) groups is 1. The van der Waals surface area contributed by atoms with Gasteiger partial charge in [0.05, 0.1) is 0 Å². The van der Waals surface area contributed by atoms with Gasteiger partial charge < -0.3 is 15.5 Å². The molecule has 134 valence electrons. The van der Waals surface area contributed by atoms with Gasteiger partial charge in [0.1, 0.15) is 11.6 Å². The summed E-state index contributed by atoms with van der Waals surface area (Å²) in [5.74, 6) is -0.427. The first kappa shape index (κ1) is 19.0. The molecular formula is C20H23N5O. The Labute approximate surface area is 154 Å². The second kappa shape index (κ2) is 9.84. The number of nitrogens with one attached hydrogen (secondary N) is 2. The first-order chi connectivity index (χ1) is 12.7. The predicted molar refractivity (Wildman–Crippen MR) is 103 cm³/mol. The third-order valence-corrected chi connectivity index (χ3v) is 3.92. The molecule has 0 fully saturated rings. The molecule has 1 aromatic carbocycles. The molecule has 2 rings (SSSR count). The Bertz CT molecular complexity index is 774. The van der Waals surface area contributed by atoms with E-state index in [1.54, 1.807) is 18.5 Å². The van der Waals surface area contributed by atoms with Gasteiger partial charge in [0.2, 0.25) is 0 Å². The Hall–Kier alpha value is -3.33. The monoisotopic (exact) mass is 349 g/mol. The minimum Gasteiger partial charge on any atom is -0.372 e. The number of amides is 1. The molecule has 1 amide bonds. The Morgan fingerprint density at radius 3 is 2.54 bits per heavy atom. The predicted octanol–water partition coefficient (Wildman–Crippen LogP) is 3.06. The van der Waals surface area contributed by atoms with Gasteiger partial charge in [0, 0.05) is 49.6 Å². The van der Waals surface area contributed by atoms with Crippen molar-refractivity contribution in [1.29, 1.82) is 5.26 Å². The smallest absolute Gasteiger partial charge is 0.263 e. The Kier molecular flexibility index (Phi) is 7.19. The molecular weight excluding hydrogens is 326 g/mol. The maximum absolute atomic E-state index is 12.1. The van der Waals surface area contributed by atoms with Crippen molar-refractivity contribution in [3.8, 4) is 6.07 Å². The van der Waals surface area contributed by atoms with Crippen LogP contribution in [0.2, 0.25) is 0 Å². The summed E-state index contributed by atoms with van der Waals surface area (Å²) >= 11 is 0. The van der Waals surface area contributed by atoms with Crippen LogP contribution in [-0.2, 0) is 11.3 Å². The number of nitrogens with zero attached hydrogens (tertiary/aromatic N) is 3. The molecule has 0 radical (unpaired) electrons. The highest BCUT2D eigenvalue weighted by molar-refractivity contribution is 5.97. The zero-order valence-electron chi connectivity index (χ0n) is 15.1. The molecule has 0 atom stereocenters. The Balaban J connectivity index is 1.96. The molecule has 0 aliphatic rings. The molecule has 0 aliphatic heterocycles. The van der Waals surface area contributed by atoms with Crippen molar-refractivity contribution in [2.45, 2.75) is 20.4 Å². The number of hydrogen-bond acceptors (Lipinski definition) is 5. The number of aromatic nitrogens is 1. The van der Waals surface area contributed by atoms with Gasteiger partial charge in [0.15, 0.2) is 0 Å². The van der Waals surface area contributed by atoms with Gasteiger partial charge in [-0.1, -0.05) is 6.07 Å². The summed E-state index contributed by atoms with van der Waals surface area (Å²) in [7, 11) is 0. The zero-order chi connectivity index (χ0) is 18.8. The van der Waals surface area contributed by atoms with Gasteiger partial charge in [-0.15, -0.1) is 0 Å². The Morgan fingerprint density at radius 1 is 1.23 bits per heavy atom. The average Bonchev–Trinajstić information content (AvgIpc) is 2.69. The molecule has 0 saturated carbocycles. The lowest BCUT2D eigenvalue weighted by Gasteiger charge is -2.21. The van der Waals surface area contributed by atoms with Crippen molar-refractivity contribution in [3.63, 3.8) is 0 Å². The van der Waals surface area contributed by atoms with E-state index in [9.17, 15) is 10.1 Å². The number of hydrogen-bond donors (Lipinski definition) is 2. The van der Waals surface area contributed by atoms with Gasteiger partial charge in [-0.25, -0.2) is 0 Å². The number of rotatable bonds is 8. The van der Waals surface area contributed by atoms with E-state index < -0.39 is 5.91 Å². The summed E-state index contributed by atoms with van der Waals surface area (Å²) in [6.45, 7) is 6.44. The summed E-state index contributed by atoms with van der Waals surface area (Å²) < 4.78 is 0. The SMILES string of the molecule is CCN(CC)c1ccc(N/C=C(/C#N)C(=O)NCc2cccnc2)cc1. The molecule has 0 bridgehead atoms. The number of anilines is 2. The number of nitriles is 1. The fourth-order valence-corrected chi connectivity index (χ4v) is 2.44. The minimum atomic E-state index is -0.427. The second-order valence-corrected chi connectivity index (χ2v) is 5.58. The molecule has 0 spiro atoms. The van der Waals surface area contributed by atoms with Crippen LogP contribution in [0, 0.1) is 11.3 Å². The van der Waals surface area contributed by atoms with E-state index in [-0.39, 0.29) is 5.57 Å². The maximum atomic E-state index is 12.1. The van der Waals surface area contributed by atoms with E-state index in [0.29, 0.717) is 6.54 Å². The lowest BCUT2D eigenvalue weighted by Crippen LogP contribution is -2.24. The molecule has 0 aliphatic carbocycles. The van der Waals surface area contributed by atoms with Gasteiger partial charge in [-0.05, 0) is 49.7 Å². The highest BCUT2D eigenvalue weighted by Crippen LogP contribution is 2.17. The molecule has 2 N–H and O–H groups in total. The number of carbonyl (C=O) groups excluding carboxylic acids is 1. The van der Waals surface area contributed by atoms with Gasteiger partial charge >= 0.3 is 0 Å². The summed E-state index contributed by atoms with van der Waals surface area (Å²) in [5, 5.41) is 14.9. The topological polar surface area (TPSA) is 81.0 Å². The molecule has 1 heterocycles. The molecule has 6 nitrogen and oxygen atoms in total. The van der Waals surface area contributed by atoms with Gasteiger partial charge in [-0.2, -0.15) is 5.26 Å². The van der Waals surface area contributed by atoms with E-state index in [2.05, 4.69) is 34.4 Å². The number of benzene rings is 1. The van der Waals surface area contributed by atoms with E-state index in [1.807, 2.05) is 36.4 Å². The zero-order valence-corrected chi connectivity index (χ0v) is 15.1. The summed E-state index contributed by atoms with van der Waals surface area (Å²) in [6.07, 6.45) is 4.76. The number of pyridine rings is 1. The molecule has 26 heavy (non-hydrogen) atoms. The first-order valence-electron chi connectivity index (χ1n) is 8.56. The van der Waals surface area contributed by atoms with E-state index >= 15 is 0 Å². The average molecular weight is 349 g/mol. The van der Waals surface area contributed by atoms with Crippen LogP contribution in [0.5, 0.6) is 0 Å². The van der Waals surface area contributed by atoms with Crippen LogP contribution in [0.15, 0.2) is 60.6 Å². The van der Waals surface area contributed by atoms with E-state index in [0.717, 1.165) is 30.0 Å². The van der Waals surface area contributed by atoms with Crippen molar-refractivity contribution in [3.05, 3.63) is 66.1 Å². The lowest BCUT2D eigenvalue weighted by molar-refractivity contribution is -0.117. The maximum Gasteiger partial charge on any atom is 0.263 e. The van der Waals surface area contributed by atoms with E-state index in [1.165, 1.54) is 6.20 Å². The van der Waals surface area contributed by atoms with Crippen LogP contribution in [0.4, 0.5) is 11.4 Å². The highest BCUT2D eigenvalue weighted by atomic mass is 16.1.